The Balaban J connectivity index is 1.68. The molecule has 1 aliphatic rings. The third-order valence-electron chi connectivity index (χ3n) is 4.68. The van der Waals surface area contributed by atoms with E-state index in [4.69, 9.17) is 21.7 Å². The summed E-state index contributed by atoms with van der Waals surface area (Å²) in [6, 6.07) is 3.35. The number of nitrogens with zero attached hydrogens (tertiary/aromatic N) is 2. The van der Waals surface area contributed by atoms with Gasteiger partial charge in [0.2, 0.25) is 12.7 Å². The molecule has 0 radical (unpaired) electrons. The van der Waals surface area contributed by atoms with Gasteiger partial charge in [-0.05, 0) is 31.4 Å². The van der Waals surface area contributed by atoms with Gasteiger partial charge in [0.15, 0.2) is 16.3 Å². The zero-order valence-corrected chi connectivity index (χ0v) is 16.4. The Morgan fingerprint density at radius 1 is 1.30 bits per heavy atom. The van der Waals surface area contributed by atoms with Crippen LogP contribution in [0, 0.1) is 4.77 Å². The Morgan fingerprint density at radius 2 is 2.00 bits per heavy atom. The van der Waals surface area contributed by atoms with Crippen molar-refractivity contribution >= 4 is 29.0 Å². The average Bonchev–Trinajstić information content (AvgIpc) is 3.11. The van der Waals surface area contributed by atoms with Gasteiger partial charge in [0, 0.05) is 32.1 Å². The van der Waals surface area contributed by atoms with E-state index in [0.717, 1.165) is 19.6 Å². The number of fused-ring (bicyclic) bond motifs is 2. The molecule has 2 N–H and O–H groups in total. The Bertz CT molecular complexity index is 949. The first-order valence-corrected chi connectivity index (χ1v) is 9.49. The molecule has 0 unspecified atom stereocenters. The van der Waals surface area contributed by atoms with E-state index in [2.05, 4.69) is 29.0 Å². The van der Waals surface area contributed by atoms with Crippen molar-refractivity contribution in [1.29, 1.82) is 0 Å². The van der Waals surface area contributed by atoms with Gasteiger partial charge in [0.1, 0.15) is 0 Å². The molecule has 1 aromatic carbocycles. The van der Waals surface area contributed by atoms with E-state index in [1.54, 1.807) is 12.1 Å². The number of aromatic nitrogens is 2. The van der Waals surface area contributed by atoms with Crippen LogP contribution >= 0.6 is 12.2 Å². The van der Waals surface area contributed by atoms with Gasteiger partial charge in [0.05, 0.1) is 10.9 Å². The van der Waals surface area contributed by atoms with Crippen LogP contribution in [0.3, 0.4) is 0 Å². The lowest BCUT2D eigenvalue weighted by molar-refractivity contribution is -0.121. The molecule has 0 saturated heterocycles. The monoisotopic (exact) mass is 392 g/mol. The molecular weight excluding hydrogens is 368 g/mol. The molecule has 0 atom stereocenters. The van der Waals surface area contributed by atoms with Gasteiger partial charge in [-0.15, -0.1) is 0 Å². The third-order valence-corrected chi connectivity index (χ3v) is 5.00. The lowest BCUT2D eigenvalue weighted by atomic mass is 10.2. The molecular formula is C18H24N4O4S. The number of hydrogen-bond acceptors (Lipinski definition) is 6. The first kappa shape index (κ1) is 19.4. The maximum Gasteiger partial charge on any atom is 0.262 e. The molecule has 146 valence electrons. The van der Waals surface area contributed by atoms with E-state index in [-0.39, 0.29) is 36.0 Å². The van der Waals surface area contributed by atoms with Gasteiger partial charge in [-0.1, -0.05) is 13.8 Å². The SMILES string of the molecule is CCN(CC)CCNC(=O)CCn1c(=S)[nH]c2cc3c(cc2c1=O)OCO3. The number of rotatable bonds is 8. The minimum atomic E-state index is -0.247. The predicted octanol–water partition coefficient (Wildman–Crippen LogP) is 1.64. The third kappa shape index (κ3) is 4.30. The highest BCUT2D eigenvalue weighted by Crippen LogP contribution is 2.34. The Kier molecular flexibility index (Phi) is 6.12. The number of amides is 1. The van der Waals surface area contributed by atoms with Crippen molar-refractivity contribution in [3.63, 3.8) is 0 Å². The van der Waals surface area contributed by atoms with Crippen molar-refractivity contribution < 1.29 is 14.3 Å². The van der Waals surface area contributed by atoms with Gasteiger partial charge in [-0.2, -0.15) is 0 Å². The van der Waals surface area contributed by atoms with Crippen LogP contribution in [0.25, 0.3) is 10.9 Å². The van der Waals surface area contributed by atoms with E-state index in [9.17, 15) is 9.59 Å². The number of carbonyl (C=O) groups excluding carboxylic acids is 1. The Labute approximate surface area is 162 Å². The van der Waals surface area contributed by atoms with Crippen LogP contribution in [0.1, 0.15) is 20.3 Å². The minimum absolute atomic E-state index is 0.103. The fourth-order valence-corrected chi connectivity index (χ4v) is 3.32. The average molecular weight is 392 g/mol. The summed E-state index contributed by atoms with van der Waals surface area (Å²) in [5.74, 6) is 1.01. The number of benzene rings is 1. The van der Waals surface area contributed by atoms with E-state index in [1.807, 2.05) is 0 Å². The topological polar surface area (TPSA) is 88.6 Å². The van der Waals surface area contributed by atoms with Gasteiger partial charge in [-0.25, -0.2) is 0 Å². The zero-order valence-electron chi connectivity index (χ0n) is 15.5. The van der Waals surface area contributed by atoms with Crippen LogP contribution in [0.2, 0.25) is 0 Å². The molecule has 3 rings (SSSR count). The summed E-state index contributed by atoms with van der Waals surface area (Å²) < 4.78 is 12.3. The molecule has 2 heterocycles. The van der Waals surface area contributed by atoms with Crippen LogP contribution in [-0.2, 0) is 11.3 Å². The lowest BCUT2D eigenvalue weighted by Crippen LogP contribution is -2.35. The molecule has 0 spiro atoms. The number of carbonyl (C=O) groups is 1. The van der Waals surface area contributed by atoms with Crippen molar-refractivity contribution in [3.8, 4) is 11.5 Å². The first-order chi connectivity index (χ1) is 13.0. The fraction of sp³-hybridized carbons (Fsp3) is 0.500. The second-order valence-corrected chi connectivity index (χ2v) is 6.65. The second-order valence-electron chi connectivity index (χ2n) is 6.26. The molecule has 0 fully saturated rings. The molecule has 0 bridgehead atoms. The molecule has 1 aliphatic heterocycles. The fourth-order valence-electron chi connectivity index (χ4n) is 3.04. The Hall–Kier alpha value is -2.39. The van der Waals surface area contributed by atoms with Crippen molar-refractivity contribution in [2.45, 2.75) is 26.8 Å². The van der Waals surface area contributed by atoms with Crippen molar-refractivity contribution in [1.82, 2.24) is 19.8 Å². The van der Waals surface area contributed by atoms with Gasteiger partial charge < -0.3 is 24.7 Å². The van der Waals surface area contributed by atoms with Crippen molar-refractivity contribution in [2.24, 2.45) is 0 Å². The standard InChI is InChI=1S/C18H24N4O4S/c1-3-21(4-2)8-6-19-16(23)5-7-22-17(24)12-9-14-15(26-11-25-14)10-13(12)20-18(22)27/h9-10H,3-8,11H2,1-2H3,(H,19,23)(H,20,27). The maximum atomic E-state index is 12.8. The number of hydrogen-bond donors (Lipinski definition) is 2. The van der Waals surface area contributed by atoms with Crippen LogP contribution in [0.4, 0.5) is 0 Å². The number of nitrogens with one attached hydrogen (secondary N) is 2. The highest BCUT2D eigenvalue weighted by Gasteiger charge is 2.17. The first-order valence-electron chi connectivity index (χ1n) is 9.09. The van der Waals surface area contributed by atoms with Crippen LogP contribution in [0.15, 0.2) is 16.9 Å². The number of H-pyrrole nitrogens is 1. The Morgan fingerprint density at radius 3 is 2.70 bits per heavy atom. The van der Waals surface area contributed by atoms with Gasteiger partial charge in [-0.3, -0.25) is 14.2 Å². The number of aromatic amines is 1. The van der Waals surface area contributed by atoms with Gasteiger partial charge in [0.25, 0.3) is 5.56 Å². The van der Waals surface area contributed by atoms with Gasteiger partial charge >= 0.3 is 0 Å². The van der Waals surface area contributed by atoms with Crippen LogP contribution in [0.5, 0.6) is 11.5 Å². The smallest absolute Gasteiger partial charge is 0.262 e. The molecule has 0 saturated carbocycles. The predicted molar refractivity (Wildman–Crippen MR) is 105 cm³/mol. The molecule has 1 amide bonds. The summed E-state index contributed by atoms with van der Waals surface area (Å²) in [6.07, 6.45) is 0.186. The summed E-state index contributed by atoms with van der Waals surface area (Å²) in [6.45, 7) is 7.82. The quantitative estimate of drug-likeness (QED) is 0.664. The summed E-state index contributed by atoms with van der Waals surface area (Å²) in [4.78, 5) is 30.1. The number of likely N-dealkylation sites (N-methyl/N-ethyl adjacent to an activating group) is 1. The maximum absolute atomic E-state index is 12.8. The summed E-state index contributed by atoms with van der Waals surface area (Å²) in [5.41, 5.74) is 0.345. The molecule has 8 nitrogen and oxygen atoms in total. The van der Waals surface area contributed by atoms with E-state index < -0.39 is 0 Å². The van der Waals surface area contributed by atoms with E-state index >= 15 is 0 Å². The zero-order chi connectivity index (χ0) is 19.4. The molecule has 27 heavy (non-hydrogen) atoms. The number of ether oxygens (including phenoxy) is 2. The second kappa shape index (κ2) is 8.53. The summed E-state index contributed by atoms with van der Waals surface area (Å²) in [7, 11) is 0. The molecule has 1 aromatic heterocycles. The normalized spacial score (nSPS) is 12.7. The molecule has 0 aliphatic carbocycles. The van der Waals surface area contributed by atoms with Crippen LogP contribution < -0.4 is 20.3 Å². The van der Waals surface area contributed by atoms with E-state index in [1.165, 1.54) is 4.57 Å². The van der Waals surface area contributed by atoms with Crippen LogP contribution in [-0.4, -0.2) is 53.3 Å². The van der Waals surface area contributed by atoms with Crippen molar-refractivity contribution in [3.05, 3.63) is 27.3 Å². The van der Waals surface area contributed by atoms with E-state index in [0.29, 0.717) is 28.9 Å². The highest BCUT2D eigenvalue weighted by atomic mass is 32.1. The lowest BCUT2D eigenvalue weighted by Gasteiger charge is -2.18. The van der Waals surface area contributed by atoms with Crippen molar-refractivity contribution in [2.75, 3.05) is 33.0 Å². The summed E-state index contributed by atoms with van der Waals surface area (Å²) in [5, 5.41) is 3.34. The molecule has 9 heteroatoms. The minimum Gasteiger partial charge on any atom is -0.454 e. The largest absolute Gasteiger partial charge is 0.454 e. The molecule has 2 aromatic rings. The summed E-state index contributed by atoms with van der Waals surface area (Å²) >= 11 is 5.30. The highest BCUT2D eigenvalue weighted by molar-refractivity contribution is 7.71.